The minimum atomic E-state index is -0.176. The summed E-state index contributed by atoms with van der Waals surface area (Å²) in [6, 6.07) is 12.9. The number of hydrogen-bond donors (Lipinski definition) is 2. The van der Waals surface area contributed by atoms with Gasteiger partial charge in [0.05, 0.1) is 17.8 Å². The highest BCUT2D eigenvalue weighted by atomic mass is 35.5. The van der Waals surface area contributed by atoms with Gasteiger partial charge in [0.1, 0.15) is 0 Å². The van der Waals surface area contributed by atoms with Gasteiger partial charge in [-0.25, -0.2) is 5.43 Å². The molecule has 0 atom stereocenters. The molecule has 2 N–H and O–H groups in total. The van der Waals surface area contributed by atoms with Crippen molar-refractivity contribution in [3.63, 3.8) is 0 Å². The van der Waals surface area contributed by atoms with E-state index >= 15 is 0 Å². The van der Waals surface area contributed by atoms with Crippen LogP contribution in [0.2, 0.25) is 5.02 Å². The van der Waals surface area contributed by atoms with Crippen LogP contribution in [0.15, 0.2) is 47.6 Å². The lowest BCUT2D eigenvalue weighted by molar-refractivity contribution is -0.121. The van der Waals surface area contributed by atoms with Crippen molar-refractivity contribution in [1.82, 2.24) is 5.43 Å². The molecule has 0 saturated heterocycles. The van der Waals surface area contributed by atoms with Crippen LogP contribution in [-0.4, -0.2) is 23.8 Å². The molecule has 0 unspecified atom stereocenters. The maximum Gasteiger partial charge on any atom is 0.240 e. The molecule has 0 spiro atoms. The quantitative estimate of drug-likeness (QED) is 0.595. The number of rotatable bonds is 7. The first-order chi connectivity index (χ1) is 11.6. The molecule has 126 valence electrons. The standard InChI is InChI=1S/C18H19ClN2O3/c1-2-24-16-11-14(10-15(19)18(16)23)12-20-21-17(22)9-8-13-6-4-3-5-7-13/h3-7,10-12,23H,2,8-9H2,1H3,(H,21,22)/b20-12+. The molecule has 0 bridgehead atoms. The Morgan fingerprint density at radius 1 is 1.33 bits per heavy atom. The molecular formula is C18H19ClN2O3. The van der Waals surface area contributed by atoms with Gasteiger partial charge in [0.2, 0.25) is 5.91 Å². The van der Waals surface area contributed by atoms with E-state index in [-0.39, 0.29) is 22.4 Å². The summed E-state index contributed by atoms with van der Waals surface area (Å²) in [7, 11) is 0. The Balaban J connectivity index is 1.90. The van der Waals surface area contributed by atoms with E-state index in [2.05, 4.69) is 10.5 Å². The Morgan fingerprint density at radius 3 is 2.79 bits per heavy atom. The maximum atomic E-state index is 11.8. The van der Waals surface area contributed by atoms with Crippen molar-refractivity contribution >= 4 is 23.7 Å². The van der Waals surface area contributed by atoms with Gasteiger partial charge in [-0.2, -0.15) is 5.10 Å². The van der Waals surface area contributed by atoms with Crippen LogP contribution in [0.1, 0.15) is 24.5 Å². The van der Waals surface area contributed by atoms with Gasteiger partial charge in [0.25, 0.3) is 0 Å². The second-order valence-electron chi connectivity index (χ2n) is 5.06. The van der Waals surface area contributed by atoms with E-state index in [1.165, 1.54) is 6.21 Å². The fourth-order valence-corrected chi connectivity index (χ4v) is 2.29. The topological polar surface area (TPSA) is 70.9 Å². The normalized spacial score (nSPS) is 10.8. The van der Waals surface area contributed by atoms with Crippen molar-refractivity contribution in [3.8, 4) is 11.5 Å². The Labute approximate surface area is 145 Å². The Hall–Kier alpha value is -2.53. The number of hydrazone groups is 1. The van der Waals surface area contributed by atoms with E-state index in [9.17, 15) is 9.90 Å². The molecule has 0 saturated carbocycles. The first-order valence-electron chi connectivity index (χ1n) is 7.61. The van der Waals surface area contributed by atoms with Crippen LogP contribution in [0, 0.1) is 0 Å². The number of amides is 1. The lowest BCUT2D eigenvalue weighted by Crippen LogP contribution is -2.17. The Bertz CT molecular complexity index is 718. The van der Waals surface area contributed by atoms with Crippen LogP contribution >= 0.6 is 11.6 Å². The second kappa shape index (κ2) is 8.93. The number of carbonyl (C=O) groups is 1. The van der Waals surface area contributed by atoms with Crippen molar-refractivity contribution < 1.29 is 14.6 Å². The molecule has 0 fully saturated rings. The Morgan fingerprint density at radius 2 is 2.08 bits per heavy atom. The molecule has 0 aromatic heterocycles. The number of phenolic OH excluding ortho intramolecular Hbond substituents is 1. The minimum Gasteiger partial charge on any atom is -0.503 e. The van der Waals surface area contributed by atoms with Crippen molar-refractivity contribution in [2.24, 2.45) is 5.10 Å². The van der Waals surface area contributed by atoms with Gasteiger partial charge in [-0.3, -0.25) is 4.79 Å². The van der Waals surface area contributed by atoms with Crippen LogP contribution in [0.5, 0.6) is 11.5 Å². The molecule has 0 aliphatic carbocycles. The van der Waals surface area contributed by atoms with Crippen molar-refractivity contribution in [1.29, 1.82) is 0 Å². The summed E-state index contributed by atoms with van der Waals surface area (Å²) in [5.74, 6) is -0.00516. The highest BCUT2D eigenvalue weighted by molar-refractivity contribution is 6.32. The molecule has 0 heterocycles. The summed E-state index contributed by atoms with van der Waals surface area (Å²) in [6.45, 7) is 2.21. The van der Waals surface area contributed by atoms with Crippen molar-refractivity contribution in [3.05, 3.63) is 58.6 Å². The van der Waals surface area contributed by atoms with Crippen LogP contribution in [0.3, 0.4) is 0 Å². The molecule has 0 aliphatic heterocycles. The van der Waals surface area contributed by atoms with Crippen LogP contribution in [-0.2, 0) is 11.2 Å². The number of nitrogens with one attached hydrogen (secondary N) is 1. The first-order valence-corrected chi connectivity index (χ1v) is 7.99. The fraction of sp³-hybridized carbons (Fsp3) is 0.222. The maximum absolute atomic E-state index is 11.8. The number of phenols is 1. The van der Waals surface area contributed by atoms with E-state index < -0.39 is 0 Å². The summed E-state index contributed by atoms with van der Waals surface area (Å²) in [5.41, 5.74) is 4.19. The van der Waals surface area contributed by atoms with Gasteiger partial charge in [-0.1, -0.05) is 41.9 Å². The summed E-state index contributed by atoms with van der Waals surface area (Å²) < 4.78 is 5.29. The van der Waals surface area contributed by atoms with Crippen LogP contribution in [0.4, 0.5) is 0 Å². The molecule has 6 heteroatoms. The third-order valence-electron chi connectivity index (χ3n) is 3.24. The van der Waals surface area contributed by atoms with Crippen molar-refractivity contribution in [2.45, 2.75) is 19.8 Å². The third-order valence-corrected chi connectivity index (χ3v) is 3.53. The number of aromatic hydroxyl groups is 1. The monoisotopic (exact) mass is 346 g/mol. The van der Waals surface area contributed by atoms with Gasteiger partial charge < -0.3 is 9.84 Å². The summed E-state index contributed by atoms with van der Waals surface area (Å²) >= 11 is 5.93. The number of ether oxygens (including phenoxy) is 1. The van der Waals surface area contributed by atoms with Gasteiger partial charge in [0.15, 0.2) is 11.5 Å². The van der Waals surface area contributed by atoms with E-state index in [0.717, 1.165) is 5.56 Å². The SMILES string of the molecule is CCOc1cc(/C=N/NC(=O)CCc2ccccc2)cc(Cl)c1O. The molecule has 0 aliphatic rings. The van der Waals surface area contributed by atoms with Gasteiger partial charge >= 0.3 is 0 Å². The number of nitrogens with zero attached hydrogens (tertiary/aromatic N) is 1. The van der Waals surface area contributed by atoms with Gasteiger partial charge in [0, 0.05) is 6.42 Å². The zero-order chi connectivity index (χ0) is 17.4. The molecule has 1 amide bonds. The predicted octanol–water partition coefficient (Wildman–Crippen LogP) is 3.53. The molecule has 2 aromatic rings. The highest BCUT2D eigenvalue weighted by Crippen LogP contribution is 2.34. The number of hydrogen-bond acceptors (Lipinski definition) is 4. The zero-order valence-electron chi connectivity index (χ0n) is 13.3. The number of benzene rings is 2. The lowest BCUT2D eigenvalue weighted by Gasteiger charge is -2.08. The fourth-order valence-electron chi connectivity index (χ4n) is 2.07. The van der Waals surface area contributed by atoms with E-state index in [1.54, 1.807) is 19.1 Å². The third kappa shape index (κ3) is 5.28. The second-order valence-corrected chi connectivity index (χ2v) is 5.47. The number of aryl methyl sites for hydroxylation is 1. The first kappa shape index (κ1) is 17.8. The summed E-state index contributed by atoms with van der Waals surface area (Å²) in [4.78, 5) is 11.8. The van der Waals surface area contributed by atoms with E-state index in [0.29, 0.717) is 25.0 Å². The molecule has 2 aromatic carbocycles. The summed E-state index contributed by atoms with van der Waals surface area (Å²) in [6.07, 6.45) is 2.46. The Kier molecular flexibility index (Phi) is 6.63. The van der Waals surface area contributed by atoms with Crippen LogP contribution in [0.25, 0.3) is 0 Å². The lowest BCUT2D eigenvalue weighted by atomic mass is 10.1. The van der Waals surface area contributed by atoms with E-state index in [1.807, 2.05) is 30.3 Å². The molecule has 0 radical (unpaired) electrons. The average Bonchev–Trinajstić information content (AvgIpc) is 2.58. The predicted molar refractivity (Wildman–Crippen MR) is 94.8 cm³/mol. The molecule has 24 heavy (non-hydrogen) atoms. The van der Waals surface area contributed by atoms with Gasteiger partial charge in [-0.05, 0) is 36.6 Å². The van der Waals surface area contributed by atoms with Crippen molar-refractivity contribution in [2.75, 3.05) is 6.61 Å². The smallest absolute Gasteiger partial charge is 0.240 e. The van der Waals surface area contributed by atoms with Crippen LogP contribution < -0.4 is 10.2 Å². The summed E-state index contributed by atoms with van der Waals surface area (Å²) in [5, 5.41) is 13.8. The largest absolute Gasteiger partial charge is 0.503 e. The van der Waals surface area contributed by atoms with E-state index in [4.69, 9.17) is 16.3 Å². The minimum absolute atomic E-state index is 0.109. The molecule has 2 rings (SSSR count). The average molecular weight is 347 g/mol. The zero-order valence-corrected chi connectivity index (χ0v) is 14.1. The number of halogens is 1. The number of carbonyl (C=O) groups excluding carboxylic acids is 1. The molecule has 5 nitrogen and oxygen atoms in total. The highest BCUT2D eigenvalue weighted by Gasteiger charge is 2.08. The molecular weight excluding hydrogens is 328 g/mol. The van der Waals surface area contributed by atoms with Gasteiger partial charge in [-0.15, -0.1) is 0 Å².